The zero-order valence-corrected chi connectivity index (χ0v) is 10.3. The van der Waals surface area contributed by atoms with Crippen molar-refractivity contribution in [2.24, 2.45) is 5.92 Å². The molecule has 0 aromatic carbocycles. The quantitative estimate of drug-likeness (QED) is 0.814. The van der Waals surface area contributed by atoms with Crippen LogP contribution in [0.15, 0.2) is 12.3 Å². The molecule has 1 aliphatic carbocycles. The molecule has 1 fully saturated rings. The van der Waals surface area contributed by atoms with Gasteiger partial charge in [0.2, 0.25) is 5.78 Å². The molecule has 1 aromatic heterocycles. The minimum atomic E-state index is -0.850. The molecule has 4 nitrogen and oxygen atoms in total. The number of carbonyl (C=O) groups excluding carboxylic acids is 1. The molecule has 1 unspecified atom stereocenters. The molecule has 0 saturated heterocycles. The lowest BCUT2D eigenvalue weighted by Gasteiger charge is -2.25. The van der Waals surface area contributed by atoms with Gasteiger partial charge in [-0.05, 0) is 31.7 Å². The van der Waals surface area contributed by atoms with E-state index >= 15 is 0 Å². The number of aliphatic hydroxyl groups excluding tert-OH is 1. The van der Waals surface area contributed by atoms with Gasteiger partial charge in [0.1, 0.15) is 11.8 Å². The number of Topliss-reactive ketones (excluding diaryl/α,β-unsaturated/α-hetero) is 1. The molecular formula is C13H20N2O2. The maximum Gasteiger partial charge on any atom is 0.209 e. The number of aryl methyl sites for hydroxylation is 1. The molecule has 1 aromatic rings. The van der Waals surface area contributed by atoms with Gasteiger partial charge in [0.25, 0.3) is 0 Å². The van der Waals surface area contributed by atoms with Crippen LogP contribution in [0.2, 0.25) is 0 Å². The number of rotatable bonds is 4. The maximum absolute atomic E-state index is 12.2. The Morgan fingerprint density at radius 1 is 1.53 bits per heavy atom. The number of hydrogen-bond acceptors (Lipinski definition) is 3. The topological polar surface area (TPSA) is 55.1 Å². The highest BCUT2D eigenvalue weighted by Gasteiger charge is 2.29. The van der Waals surface area contributed by atoms with Crippen molar-refractivity contribution in [3.8, 4) is 0 Å². The van der Waals surface area contributed by atoms with Gasteiger partial charge >= 0.3 is 0 Å². The molecule has 17 heavy (non-hydrogen) atoms. The molecule has 1 saturated carbocycles. The van der Waals surface area contributed by atoms with Crippen LogP contribution >= 0.6 is 0 Å². The molecular weight excluding hydrogens is 216 g/mol. The first kappa shape index (κ1) is 12.3. The van der Waals surface area contributed by atoms with Crippen LogP contribution in [0, 0.1) is 5.92 Å². The molecule has 0 bridgehead atoms. The number of nitrogens with zero attached hydrogens (tertiary/aromatic N) is 2. The molecule has 1 N–H and O–H groups in total. The first-order valence-electron chi connectivity index (χ1n) is 6.48. The maximum atomic E-state index is 12.2. The Morgan fingerprint density at radius 2 is 2.24 bits per heavy atom. The molecule has 4 heteroatoms. The second kappa shape index (κ2) is 5.45. The van der Waals surface area contributed by atoms with Crippen LogP contribution in [0.4, 0.5) is 0 Å². The molecule has 94 valence electrons. The SMILES string of the molecule is CCn1nccc1C(=O)C(O)C1CCCCC1. The smallest absolute Gasteiger partial charge is 0.209 e. The summed E-state index contributed by atoms with van der Waals surface area (Å²) in [6, 6.07) is 1.69. The van der Waals surface area contributed by atoms with Gasteiger partial charge in [-0.1, -0.05) is 19.3 Å². The second-order valence-corrected chi connectivity index (χ2v) is 4.74. The summed E-state index contributed by atoms with van der Waals surface area (Å²) in [5.41, 5.74) is 0.533. The summed E-state index contributed by atoms with van der Waals surface area (Å²) < 4.78 is 1.65. The first-order valence-corrected chi connectivity index (χ1v) is 6.48. The van der Waals surface area contributed by atoms with Crippen molar-refractivity contribution < 1.29 is 9.90 Å². The van der Waals surface area contributed by atoms with Gasteiger partial charge < -0.3 is 5.11 Å². The van der Waals surface area contributed by atoms with Crippen LogP contribution in [0.3, 0.4) is 0 Å². The van der Waals surface area contributed by atoms with Crippen LogP contribution < -0.4 is 0 Å². The molecule has 1 heterocycles. The van der Waals surface area contributed by atoms with E-state index in [-0.39, 0.29) is 11.7 Å². The van der Waals surface area contributed by atoms with Gasteiger partial charge in [-0.15, -0.1) is 0 Å². The number of carbonyl (C=O) groups is 1. The third-order valence-electron chi connectivity index (χ3n) is 3.63. The Labute approximate surface area is 102 Å². The van der Waals surface area contributed by atoms with E-state index < -0.39 is 6.10 Å². The van der Waals surface area contributed by atoms with E-state index in [1.807, 2.05) is 6.92 Å². The Morgan fingerprint density at radius 3 is 2.88 bits per heavy atom. The normalized spacial score (nSPS) is 19.2. The van der Waals surface area contributed by atoms with Gasteiger partial charge in [-0.25, -0.2) is 0 Å². The Kier molecular flexibility index (Phi) is 3.94. The van der Waals surface area contributed by atoms with Crippen molar-refractivity contribution in [1.29, 1.82) is 0 Å². The summed E-state index contributed by atoms with van der Waals surface area (Å²) in [6.45, 7) is 2.60. The van der Waals surface area contributed by atoms with E-state index in [0.29, 0.717) is 12.2 Å². The van der Waals surface area contributed by atoms with E-state index in [1.54, 1.807) is 16.9 Å². The monoisotopic (exact) mass is 236 g/mol. The van der Waals surface area contributed by atoms with Crippen LogP contribution in [0.25, 0.3) is 0 Å². The predicted molar refractivity (Wildman–Crippen MR) is 64.8 cm³/mol. The molecule has 1 aliphatic rings. The summed E-state index contributed by atoms with van der Waals surface area (Å²) in [4.78, 5) is 12.2. The van der Waals surface area contributed by atoms with E-state index in [4.69, 9.17) is 0 Å². The molecule has 2 rings (SSSR count). The number of aromatic nitrogens is 2. The summed E-state index contributed by atoms with van der Waals surface area (Å²) in [7, 11) is 0. The van der Waals surface area contributed by atoms with E-state index in [1.165, 1.54) is 6.42 Å². The summed E-state index contributed by atoms with van der Waals surface area (Å²) >= 11 is 0. The van der Waals surface area contributed by atoms with Crippen LogP contribution in [-0.4, -0.2) is 26.8 Å². The van der Waals surface area contributed by atoms with Gasteiger partial charge in [-0.2, -0.15) is 5.10 Å². The van der Waals surface area contributed by atoms with Crippen molar-refractivity contribution in [3.63, 3.8) is 0 Å². The second-order valence-electron chi connectivity index (χ2n) is 4.74. The lowest BCUT2D eigenvalue weighted by molar-refractivity contribution is 0.0524. The zero-order valence-electron chi connectivity index (χ0n) is 10.3. The van der Waals surface area contributed by atoms with Gasteiger partial charge in [0.15, 0.2) is 0 Å². The van der Waals surface area contributed by atoms with Crippen molar-refractivity contribution in [1.82, 2.24) is 9.78 Å². The predicted octanol–water partition coefficient (Wildman–Crippen LogP) is 2.03. The fraction of sp³-hybridized carbons (Fsp3) is 0.692. The Bertz CT molecular complexity index is 381. The summed E-state index contributed by atoms with van der Waals surface area (Å²) in [5.74, 6) is -0.0345. The van der Waals surface area contributed by atoms with E-state index in [0.717, 1.165) is 25.7 Å². The van der Waals surface area contributed by atoms with Crippen LogP contribution in [-0.2, 0) is 6.54 Å². The number of ketones is 1. The third-order valence-corrected chi connectivity index (χ3v) is 3.63. The Balaban J connectivity index is 2.08. The van der Waals surface area contributed by atoms with Crippen molar-refractivity contribution in [2.45, 2.75) is 51.7 Å². The number of aliphatic hydroxyl groups is 1. The molecule has 0 spiro atoms. The number of hydrogen-bond donors (Lipinski definition) is 1. The van der Waals surface area contributed by atoms with E-state index in [2.05, 4.69) is 5.10 Å². The standard InChI is InChI=1S/C13H20N2O2/c1-2-15-11(8-9-14-15)13(17)12(16)10-6-4-3-5-7-10/h8-10,12,16H,2-7H2,1H3. The zero-order chi connectivity index (χ0) is 12.3. The average Bonchev–Trinajstić information content (AvgIpc) is 2.86. The molecule has 0 radical (unpaired) electrons. The largest absolute Gasteiger partial charge is 0.385 e. The summed E-state index contributed by atoms with van der Waals surface area (Å²) in [5, 5.41) is 14.2. The molecule has 0 aliphatic heterocycles. The highest BCUT2D eigenvalue weighted by atomic mass is 16.3. The molecule has 0 amide bonds. The van der Waals surface area contributed by atoms with Crippen LogP contribution in [0.5, 0.6) is 0 Å². The lowest BCUT2D eigenvalue weighted by Crippen LogP contribution is -2.32. The highest BCUT2D eigenvalue weighted by Crippen LogP contribution is 2.27. The highest BCUT2D eigenvalue weighted by molar-refractivity contribution is 5.98. The third kappa shape index (κ3) is 2.57. The average molecular weight is 236 g/mol. The van der Waals surface area contributed by atoms with Crippen molar-refractivity contribution >= 4 is 5.78 Å². The first-order chi connectivity index (χ1) is 8.24. The summed E-state index contributed by atoms with van der Waals surface area (Å²) in [6.07, 6.45) is 6.18. The molecule has 1 atom stereocenters. The minimum Gasteiger partial charge on any atom is -0.385 e. The minimum absolute atomic E-state index is 0.136. The van der Waals surface area contributed by atoms with Crippen molar-refractivity contribution in [2.75, 3.05) is 0 Å². The fourth-order valence-electron chi connectivity index (χ4n) is 2.61. The fourth-order valence-corrected chi connectivity index (χ4v) is 2.61. The van der Waals surface area contributed by atoms with E-state index in [9.17, 15) is 9.90 Å². The van der Waals surface area contributed by atoms with Crippen LogP contribution in [0.1, 0.15) is 49.5 Å². The van der Waals surface area contributed by atoms with Gasteiger partial charge in [0.05, 0.1) is 0 Å². The Hall–Kier alpha value is -1.16. The lowest BCUT2D eigenvalue weighted by atomic mass is 9.83. The van der Waals surface area contributed by atoms with Crippen molar-refractivity contribution in [3.05, 3.63) is 18.0 Å². The van der Waals surface area contributed by atoms with Gasteiger partial charge in [-0.3, -0.25) is 9.48 Å². The van der Waals surface area contributed by atoms with Gasteiger partial charge in [0, 0.05) is 12.7 Å².